The summed E-state index contributed by atoms with van der Waals surface area (Å²) >= 11 is 9.18. The van der Waals surface area contributed by atoms with Gasteiger partial charge in [0.15, 0.2) is 0 Å². The van der Waals surface area contributed by atoms with E-state index in [-0.39, 0.29) is 5.91 Å². The molecule has 0 fully saturated rings. The van der Waals surface area contributed by atoms with Crippen LogP contribution in [0.5, 0.6) is 0 Å². The largest absolute Gasteiger partial charge is 0.307 e. The van der Waals surface area contributed by atoms with E-state index < -0.39 is 0 Å². The van der Waals surface area contributed by atoms with E-state index in [1.807, 2.05) is 13.0 Å². The summed E-state index contributed by atoms with van der Waals surface area (Å²) in [5.74, 6) is 0.262. The Kier molecular flexibility index (Phi) is 3.99. The smallest absolute Gasteiger partial charge is 0.258 e. The van der Waals surface area contributed by atoms with Gasteiger partial charge in [0.1, 0.15) is 5.82 Å². The molecule has 1 amide bonds. The van der Waals surface area contributed by atoms with E-state index in [2.05, 4.69) is 26.2 Å². The number of benzene rings is 1. The van der Waals surface area contributed by atoms with Gasteiger partial charge in [-0.15, -0.1) is 0 Å². The first kappa shape index (κ1) is 13.1. The van der Waals surface area contributed by atoms with Gasteiger partial charge in [0.05, 0.1) is 5.56 Å². The van der Waals surface area contributed by atoms with Crippen molar-refractivity contribution in [1.82, 2.24) is 4.98 Å². The number of aryl methyl sites for hydroxylation is 1. The van der Waals surface area contributed by atoms with Gasteiger partial charge < -0.3 is 5.32 Å². The van der Waals surface area contributed by atoms with Crippen LogP contribution in [0.3, 0.4) is 0 Å². The summed E-state index contributed by atoms with van der Waals surface area (Å²) in [5, 5.41) is 3.23. The second-order valence-corrected chi connectivity index (χ2v) is 5.09. The van der Waals surface area contributed by atoms with Gasteiger partial charge in [-0.25, -0.2) is 4.98 Å². The first-order chi connectivity index (χ1) is 8.56. The van der Waals surface area contributed by atoms with Crippen LogP contribution in [0.4, 0.5) is 5.82 Å². The van der Waals surface area contributed by atoms with Crippen LogP contribution in [0.2, 0.25) is 5.02 Å². The number of hydrogen-bond acceptors (Lipinski definition) is 2. The topological polar surface area (TPSA) is 42.0 Å². The van der Waals surface area contributed by atoms with Gasteiger partial charge in [0, 0.05) is 15.7 Å². The number of carbonyl (C=O) groups excluding carboxylic acids is 1. The minimum absolute atomic E-state index is 0.249. The third-order valence-electron chi connectivity index (χ3n) is 2.33. The van der Waals surface area contributed by atoms with Gasteiger partial charge in [-0.05, 0) is 52.7 Å². The molecule has 0 unspecified atom stereocenters. The number of anilines is 1. The number of pyridine rings is 1. The first-order valence-corrected chi connectivity index (χ1v) is 6.42. The van der Waals surface area contributed by atoms with Gasteiger partial charge in [0.25, 0.3) is 5.91 Å². The number of rotatable bonds is 2. The van der Waals surface area contributed by atoms with E-state index in [0.717, 1.165) is 5.56 Å². The maximum Gasteiger partial charge on any atom is 0.258 e. The molecule has 92 valence electrons. The zero-order valence-corrected chi connectivity index (χ0v) is 11.9. The molecular formula is C13H10BrClN2O. The minimum atomic E-state index is -0.249. The fourth-order valence-electron chi connectivity index (χ4n) is 1.40. The Bertz CT molecular complexity index is 584. The second kappa shape index (κ2) is 5.50. The van der Waals surface area contributed by atoms with E-state index in [1.54, 1.807) is 30.5 Å². The fourth-order valence-corrected chi connectivity index (χ4v) is 2.00. The van der Waals surface area contributed by atoms with E-state index in [0.29, 0.717) is 20.9 Å². The van der Waals surface area contributed by atoms with E-state index in [9.17, 15) is 4.79 Å². The molecule has 2 rings (SSSR count). The van der Waals surface area contributed by atoms with Crippen molar-refractivity contribution in [3.63, 3.8) is 0 Å². The molecule has 18 heavy (non-hydrogen) atoms. The molecule has 1 aromatic carbocycles. The standard InChI is InChI=1S/C13H10BrClN2O/c1-8-2-5-12(16-7-8)17-13(18)10-6-9(15)3-4-11(10)14/h2-7H,1H3,(H,16,17,18). The highest BCUT2D eigenvalue weighted by molar-refractivity contribution is 9.10. The number of nitrogens with zero attached hydrogens (tertiary/aromatic N) is 1. The van der Waals surface area contributed by atoms with Crippen LogP contribution in [0.15, 0.2) is 41.0 Å². The summed E-state index contributed by atoms with van der Waals surface area (Å²) in [7, 11) is 0. The summed E-state index contributed by atoms with van der Waals surface area (Å²) in [6, 6.07) is 8.70. The molecule has 0 aliphatic carbocycles. The molecule has 0 saturated carbocycles. The van der Waals surface area contributed by atoms with Crippen molar-refractivity contribution in [2.24, 2.45) is 0 Å². The highest BCUT2D eigenvalue weighted by Gasteiger charge is 2.11. The van der Waals surface area contributed by atoms with Crippen molar-refractivity contribution < 1.29 is 4.79 Å². The molecule has 0 bridgehead atoms. The molecule has 0 aliphatic rings. The Morgan fingerprint density at radius 2 is 2.11 bits per heavy atom. The molecule has 1 heterocycles. The fraction of sp³-hybridized carbons (Fsp3) is 0.0769. The van der Waals surface area contributed by atoms with Gasteiger partial charge in [-0.2, -0.15) is 0 Å². The molecule has 0 atom stereocenters. The number of nitrogens with one attached hydrogen (secondary N) is 1. The molecule has 1 N–H and O–H groups in total. The van der Waals surface area contributed by atoms with E-state index in [1.165, 1.54) is 0 Å². The van der Waals surface area contributed by atoms with Gasteiger partial charge >= 0.3 is 0 Å². The van der Waals surface area contributed by atoms with Gasteiger partial charge in [0.2, 0.25) is 0 Å². The molecule has 1 aromatic heterocycles. The summed E-state index contributed by atoms with van der Waals surface area (Å²) in [5.41, 5.74) is 1.52. The van der Waals surface area contributed by atoms with Crippen molar-refractivity contribution in [2.45, 2.75) is 6.92 Å². The Balaban J connectivity index is 2.21. The Hall–Kier alpha value is -1.39. The minimum Gasteiger partial charge on any atom is -0.307 e. The van der Waals surface area contributed by atoms with Gasteiger partial charge in [-0.1, -0.05) is 17.7 Å². The zero-order chi connectivity index (χ0) is 13.1. The molecule has 0 spiro atoms. The monoisotopic (exact) mass is 324 g/mol. The predicted octanol–water partition coefficient (Wildman–Crippen LogP) is 4.06. The molecule has 0 aliphatic heterocycles. The average molecular weight is 326 g/mol. The van der Waals surface area contributed by atoms with E-state index >= 15 is 0 Å². The van der Waals surface area contributed by atoms with Crippen LogP contribution in [-0.2, 0) is 0 Å². The summed E-state index contributed by atoms with van der Waals surface area (Å²) in [6.45, 7) is 1.94. The van der Waals surface area contributed by atoms with Crippen LogP contribution in [0, 0.1) is 6.92 Å². The average Bonchev–Trinajstić information content (AvgIpc) is 2.35. The number of amides is 1. The highest BCUT2D eigenvalue weighted by atomic mass is 79.9. The van der Waals surface area contributed by atoms with Crippen molar-refractivity contribution in [1.29, 1.82) is 0 Å². The van der Waals surface area contributed by atoms with Crippen molar-refractivity contribution >= 4 is 39.3 Å². The lowest BCUT2D eigenvalue weighted by atomic mass is 10.2. The number of hydrogen-bond donors (Lipinski definition) is 1. The Morgan fingerprint density at radius 1 is 1.33 bits per heavy atom. The van der Waals surface area contributed by atoms with Crippen LogP contribution in [-0.4, -0.2) is 10.9 Å². The van der Waals surface area contributed by atoms with E-state index in [4.69, 9.17) is 11.6 Å². The zero-order valence-electron chi connectivity index (χ0n) is 9.58. The predicted molar refractivity (Wildman–Crippen MR) is 76.1 cm³/mol. The summed E-state index contributed by atoms with van der Waals surface area (Å²) in [4.78, 5) is 16.1. The lowest BCUT2D eigenvalue weighted by molar-refractivity contribution is 0.102. The highest BCUT2D eigenvalue weighted by Crippen LogP contribution is 2.22. The van der Waals surface area contributed by atoms with Crippen LogP contribution in [0.25, 0.3) is 0 Å². The second-order valence-electron chi connectivity index (χ2n) is 3.80. The normalized spacial score (nSPS) is 10.2. The summed E-state index contributed by atoms with van der Waals surface area (Å²) in [6.07, 6.45) is 1.70. The number of carbonyl (C=O) groups is 1. The molecule has 0 saturated heterocycles. The lowest BCUT2D eigenvalue weighted by Crippen LogP contribution is -2.13. The maximum atomic E-state index is 12.0. The Labute approximate surface area is 118 Å². The Morgan fingerprint density at radius 3 is 2.78 bits per heavy atom. The molecule has 3 nitrogen and oxygen atoms in total. The molecule has 5 heteroatoms. The number of halogens is 2. The van der Waals surface area contributed by atoms with Crippen LogP contribution in [0.1, 0.15) is 15.9 Å². The van der Waals surface area contributed by atoms with Crippen molar-refractivity contribution in [2.75, 3.05) is 5.32 Å². The van der Waals surface area contributed by atoms with Crippen molar-refractivity contribution in [3.05, 3.63) is 57.2 Å². The third-order valence-corrected chi connectivity index (χ3v) is 3.25. The molecule has 2 aromatic rings. The molecule has 0 radical (unpaired) electrons. The first-order valence-electron chi connectivity index (χ1n) is 5.25. The SMILES string of the molecule is Cc1ccc(NC(=O)c2cc(Cl)ccc2Br)nc1. The molecular weight excluding hydrogens is 316 g/mol. The lowest BCUT2D eigenvalue weighted by Gasteiger charge is -2.06. The quantitative estimate of drug-likeness (QED) is 0.905. The van der Waals surface area contributed by atoms with Crippen LogP contribution >= 0.6 is 27.5 Å². The third kappa shape index (κ3) is 3.09. The number of aromatic nitrogens is 1. The van der Waals surface area contributed by atoms with Crippen LogP contribution < -0.4 is 5.32 Å². The summed E-state index contributed by atoms with van der Waals surface area (Å²) < 4.78 is 0.691. The van der Waals surface area contributed by atoms with Crippen molar-refractivity contribution in [3.8, 4) is 0 Å². The maximum absolute atomic E-state index is 12.0. The van der Waals surface area contributed by atoms with Gasteiger partial charge in [-0.3, -0.25) is 4.79 Å².